The van der Waals surface area contributed by atoms with Crippen molar-refractivity contribution in [2.24, 2.45) is 0 Å². The van der Waals surface area contributed by atoms with Crippen molar-refractivity contribution in [2.45, 2.75) is 43.9 Å². The molecule has 0 radical (unpaired) electrons. The van der Waals surface area contributed by atoms with E-state index in [1.54, 1.807) is 11.8 Å². The number of nitrogens with zero attached hydrogens (tertiary/aromatic N) is 1. The standard InChI is InChI=1S/C12H24N2O2S/c1-10(17-2)9-13-12(16)14-7-4-3-5-11(14)6-8-15/h10-11,15H,3-9H2,1-2H3,(H,13,16)/t10-,11-/m0/s1. The first-order chi connectivity index (χ1) is 8.19. The fraction of sp³-hybridized carbons (Fsp3) is 0.917. The quantitative estimate of drug-likeness (QED) is 0.791. The Morgan fingerprint density at radius 2 is 2.35 bits per heavy atom. The first-order valence-corrected chi connectivity index (χ1v) is 7.66. The molecule has 2 atom stereocenters. The van der Waals surface area contributed by atoms with E-state index in [9.17, 15) is 4.79 Å². The summed E-state index contributed by atoms with van der Waals surface area (Å²) in [5, 5.41) is 12.4. The molecule has 100 valence electrons. The van der Waals surface area contributed by atoms with E-state index in [0.29, 0.717) is 18.2 Å². The lowest BCUT2D eigenvalue weighted by molar-refractivity contribution is 0.132. The van der Waals surface area contributed by atoms with Crippen LogP contribution in [-0.4, -0.2) is 53.3 Å². The summed E-state index contributed by atoms with van der Waals surface area (Å²) in [6.45, 7) is 3.80. The number of nitrogens with one attached hydrogen (secondary N) is 1. The second kappa shape index (κ2) is 7.82. The number of hydrogen-bond acceptors (Lipinski definition) is 3. The van der Waals surface area contributed by atoms with Crippen LogP contribution in [0, 0.1) is 0 Å². The maximum Gasteiger partial charge on any atom is 0.317 e. The normalized spacial score (nSPS) is 22.3. The number of likely N-dealkylation sites (tertiary alicyclic amines) is 1. The summed E-state index contributed by atoms with van der Waals surface area (Å²) < 4.78 is 0. The number of piperidine rings is 1. The Hall–Kier alpha value is -0.420. The molecule has 5 heteroatoms. The summed E-state index contributed by atoms with van der Waals surface area (Å²) in [5.74, 6) is 0. The average molecular weight is 260 g/mol. The van der Waals surface area contributed by atoms with Gasteiger partial charge in [0, 0.05) is 31.0 Å². The molecule has 4 nitrogen and oxygen atoms in total. The van der Waals surface area contributed by atoms with Crippen molar-refractivity contribution in [3.63, 3.8) is 0 Å². The Labute approximate surface area is 108 Å². The van der Waals surface area contributed by atoms with Crippen LogP contribution in [-0.2, 0) is 0 Å². The Morgan fingerprint density at radius 1 is 1.59 bits per heavy atom. The van der Waals surface area contributed by atoms with E-state index in [2.05, 4.69) is 12.2 Å². The molecule has 1 rings (SSSR count). The van der Waals surface area contributed by atoms with Crippen LogP contribution in [0.15, 0.2) is 0 Å². The number of aliphatic hydroxyl groups is 1. The largest absolute Gasteiger partial charge is 0.396 e. The highest BCUT2D eigenvalue weighted by molar-refractivity contribution is 7.99. The summed E-state index contributed by atoms with van der Waals surface area (Å²) in [4.78, 5) is 13.9. The molecule has 1 heterocycles. The molecule has 0 aromatic rings. The summed E-state index contributed by atoms with van der Waals surface area (Å²) in [7, 11) is 0. The fourth-order valence-electron chi connectivity index (χ4n) is 2.13. The van der Waals surface area contributed by atoms with Crippen LogP contribution in [0.25, 0.3) is 0 Å². The zero-order valence-electron chi connectivity index (χ0n) is 10.8. The molecule has 0 aromatic carbocycles. The molecule has 2 N–H and O–H groups in total. The van der Waals surface area contributed by atoms with E-state index in [1.165, 1.54) is 0 Å². The van der Waals surface area contributed by atoms with Crippen molar-refractivity contribution in [2.75, 3.05) is 26.0 Å². The van der Waals surface area contributed by atoms with Gasteiger partial charge in [0.25, 0.3) is 0 Å². The molecule has 0 aromatic heterocycles. The molecule has 17 heavy (non-hydrogen) atoms. The number of rotatable bonds is 5. The van der Waals surface area contributed by atoms with E-state index < -0.39 is 0 Å². The van der Waals surface area contributed by atoms with Gasteiger partial charge in [0.1, 0.15) is 0 Å². The maximum atomic E-state index is 12.0. The van der Waals surface area contributed by atoms with Crippen molar-refractivity contribution < 1.29 is 9.90 Å². The number of carbonyl (C=O) groups is 1. The molecule has 1 aliphatic rings. The molecule has 0 bridgehead atoms. The van der Waals surface area contributed by atoms with Crippen LogP contribution in [0.3, 0.4) is 0 Å². The minimum atomic E-state index is 0.0315. The van der Waals surface area contributed by atoms with Crippen LogP contribution in [0.1, 0.15) is 32.6 Å². The van der Waals surface area contributed by atoms with Gasteiger partial charge in [0.05, 0.1) is 0 Å². The lowest BCUT2D eigenvalue weighted by Crippen LogP contribution is -2.49. The highest BCUT2D eigenvalue weighted by Gasteiger charge is 2.25. The minimum absolute atomic E-state index is 0.0315. The predicted molar refractivity (Wildman–Crippen MR) is 72.4 cm³/mol. The van der Waals surface area contributed by atoms with Gasteiger partial charge < -0.3 is 15.3 Å². The van der Waals surface area contributed by atoms with E-state index in [4.69, 9.17) is 5.11 Å². The summed E-state index contributed by atoms with van der Waals surface area (Å²) in [6, 6.07) is 0.252. The van der Waals surface area contributed by atoms with Gasteiger partial charge in [-0.05, 0) is 31.9 Å². The zero-order valence-corrected chi connectivity index (χ0v) is 11.6. The lowest BCUT2D eigenvalue weighted by Gasteiger charge is -2.35. The Kier molecular flexibility index (Phi) is 6.73. The second-order valence-electron chi connectivity index (χ2n) is 4.59. The van der Waals surface area contributed by atoms with E-state index in [1.807, 2.05) is 11.2 Å². The number of hydrogen-bond donors (Lipinski definition) is 2. The number of urea groups is 1. The van der Waals surface area contributed by atoms with Crippen LogP contribution in [0.2, 0.25) is 0 Å². The topological polar surface area (TPSA) is 52.6 Å². The smallest absolute Gasteiger partial charge is 0.317 e. The SMILES string of the molecule is CS[C@@H](C)CNC(=O)N1CCCC[C@H]1CCO. The Balaban J connectivity index is 2.41. The Bertz CT molecular complexity index is 237. The fourth-order valence-corrected chi connectivity index (χ4v) is 2.38. The maximum absolute atomic E-state index is 12.0. The monoisotopic (exact) mass is 260 g/mol. The number of amides is 2. The van der Waals surface area contributed by atoms with Crippen LogP contribution in [0.4, 0.5) is 4.79 Å². The van der Waals surface area contributed by atoms with E-state index >= 15 is 0 Å². The third kappa shape index (κ3) is 4.76. The highest BCUT2D eigenvalue weighted by atomic mass is 32.2. The first-order valence-electron chi connectivity index (χ1n) is 6.37. The van der Waals surface area contributed by atoms with Crippen LogP contribution < -0.4 is 5.32 Å². The van der Waals surface area contributed by atoms with Crippen molar-refractivity contribution in [1.29, 1.82) is 0 Å². The van der Waals surface area contributed by atoms with Gasteiger partial charge in [-0.25, -0.2) is 4.79 Å². The third-order valence-electron chi connectivity index (χ3n) is 3.29. The van der Waals surface area contributed by atoms with Gasteiger partial charge in [-0.2, -0.15) is 11.8 Å². The van der Waals surface area contributed by atoms with Gasteiger partial charge in [0.15, 0.2) is 0 Å². The van der Waals surface area contributed by atoms with E-state index in [-0.39, 0.29) is 18.7 Å². The molecular weight excluding hydrogens is 236 g/mol. The second-order valence-corrected chi connectivity index (χ2v) is 5.86. The summed E-state index contributed by atoms with van der Waals surface area (Å²) in [6.07, 6.45) is 6.01. The summed E-state index contributed by atoms with van der Waals surface area (Å²) >= 11 is 1.75. The molecule has 0 aliphatic carbocycles. The lowest BCUT2D eigenvalue weighted by atomic mass is 10.0. The molecule has 0 saturated carbocycles. The molecule has 1 aliphatic heterocycles. The minimum Gasteiger partial charge on any atom is -0.396 e. The molecule has 1 fully saturated rings. The van der Waals surface area contributed by atoms with Crippen LogP contribution >= 0.6 is 11.8 Å². The van der Waals surface area contributed by atoms with Crippen molar-refractivity contribution in [3.05, 3.63) is 0 Å². The van der Waals surface area contributed by atoms with Crippen molar-refractivity contribution >= 4 is 17.8 Å². The van der Waals surface area contributed by atoms with Gasteiger partial charge in [-0.15, -0.1) is 0 Å². The molecular formula is C12H24N2O2S. The zero-order chi connectivity index (χ0) is 12.7. The Morgan fingerprint density at radius 3 is 3.00 bits per heavy atom. The van der Waals surface area contributed by atoms with Crippen molar-refractivity contribution in [3.8, 4) is 0 Å². The summed E-state index contributed by atoms with van der Waals surface area (Å²) in [5.41, 5.74) is 0. The molecule has 0 spiro atoms. The first kappa shape index (κ1) is 14.6. The number of carbonyl (C=O) groups excluding carboxylic acids is 1. The van der Waals surface area contributed by atoms with Gasteiger partial charge >= 0.3 is 6.03 Å². The van der Waals surface area contributed by atoms with Gasteiger partial charge in [-0.1, -0.05) is 6.92 Å². The number of thioether (sulfide) groups is 1. The molecule has 0 unspecified atom stereocenters. The third-order valence-corrected chi connectivity index (χ3v) is 4.26. The van der Waals surface area contributed by atoms with E-state index in [0.717, 1.165) is 25.8 Å². The highest BCUT2D eigenvalue weighted by Crippen LogP contribution is 2.19. The van der Waals surface area contributed by atoms with Crippen LogP contribution in [0.5, 0.6) is 0 Å². The van der Waals surface area contributed by atoms with Gasteiger partial charge in [-0.3, -0.25) is 0 Å². The molecule has 1 saturated heterocycles. The van der Waals surface area contributed by atoms with Crippen molar-refractivity contribution in [1.82, 2.24) is 10.2 Å². The molecule has 2 amide bonds. The number of aliphatic hydroxyl groups excluding tert-OH is 1. The predicted octanol–water partition coefficient (Wildman–Crippen LogP) is 1.68. The van der Waals surface area contributed by atoms with Gasteiger partial charge in [0.2, 0.25) is 0 Å². The average Bonchev–Trinajstić information content (AvgIpc) is 2.36.